The third-order valence-electron chi connectivity index (χ3n) is 6.33. The monoisotopic (exact) mass is 443 g/mol. The Labute approximate surface area is 186 Å². The average Bonchev–Trinajstić information content (AvgIpc) is 3.08. The van der Waals surface area contributed by atoms with Gasteiger partial charge in [-0.25, -0.2) is 0 Å². The van der Waals surface area contributed by atoms with Crippen molar-refractivity contribution in [1.29, 1.82) is 0 Å². The fourth-order valence-corrected chi connectivity index (χ4v) is 5.06. The first-order chi connectivity index (χ1) is 14.2. The van der Waals surface area contributed by atoms with Gasteiger partial charge in [-0.05, 0) is 53.4 Å². The van der Waals surface area contributed by atoms with Crippen molar-refractivity contribution in [3.63, 3.8) is 0 Å². The zero-order chi connectivity index (χ0) is 23.6. The van der Waals surface area contributed by atoms with Crippen LogP contribution in [0.5, 0.6) is 0 Å². The number of ether oxygens (including phenoxy) is 4. The largest absolute Gasteiger partial charge is 0.462 e. The molecule has 0 aromatic heterocycles. The van der Waals surface area contributed by atoms with Gasteiger partial charge in [-0.15, -0.1) is 0 Å². The molecule has 180 valence electrons. The molecule has 0 aliphatic carbocycles. The van der Waals surface area contributed by atoms with Crippen LogP contribution < -0.4 is 0 Å². The summed E-state index contributed by atoms with van der Waals surface area (Å²) in [4.78, 5) is 23.7. The van der Waals surface area contributed by atoms with E-state index >= 15 is 0 Å². The van der Waals surface area contributed by atoms with E-state index in [4.69, 9.17) is 18.9 Å². The first-order valence-electron chi connectivity index (χ1n) is 11.5. The van der Waals surface area contributed by atoms with Crippen LogP contribution in [0.2, 0.25) is 0 Å². The second kappa shape index (κ2) is 10.1. The van der Waals surface area contributed by atoms with Crippen molar-refractivity contribution in [2.24, 2.45) is 23.7 Å². The molecule has 0 aromatic rings. The highest BCUT2D eigenvalue weighted by atomic mass is 16.7. The zero-order valence-electron chi connectivity index (χ0n) is 20.4. The molecule has 0 spiro atoms. The topological polar surface area (TPSA) is 97.1 Å². The molecule has 0 radical (unpaired) electrons. The standard InChI is InChI=1S/C23H41NO7/c1-14(2)9-17(12-24(26)27)10-20(25)29-21(18-11-22(5,6)30-16(18)4)15(3)19-13-28-23(7,8)31-19/h14-19,21H,9-13H2,1-8H3/t15-,16+,17+,18+,19-,21-/m1/s1. The summed E-state index contributed by atoms with van der Waals surface area (Å²) < 4.78 is 24.0. The van der Waals surface area contributed by atoms with Gasteiger partial charge in [-0.3, -0.25) is 14.9 Å². The molecule has 2 aliphatic heterocycles. The molecule has 0 unspecified atom stereocenters. The molecular formula is C23H41NO7. The first-order valence-corrected chi connectivity index (χ1v) is 11.5. The summed E-state index contributed by atoms with van der Waals surface area (Å²) in [6.07, 6.45) is 0.728. The van der Waals surface area contributed by atoms with Gasteiger partial charge in [0, 0.05) is 22.7 Å². The Morgan fingerprint density at radius 3 is 2.29 bits per heavy atom. The molecule has 6 atom stereocenters. The fraction of sp³-hybridized carbons (Fsp3) is 0.957. The van der Waals surface area contributed by atoms with Gasteiger partial charge >= 0.3 is 5.97 Å². The summed E-state index contributed by atoms with van der Waals surface area (Å²) in [5, 5.41) is 11.1. The molecule has 31 heavy (non-hydrogen) atoms. The molecule has 2 aliphatic rings. The minimum Gasteiger partial charge on any atom is -0.462 e. The van der Waals surface area contributed by atoms with Crippen molar-refractivity contribution >= 4 is 5.97 Å². The summed E-state index contributed by atoms with van der Waals surface area (Å²) in [5.74, 6) is -1.21. The van der Waals surface area contributed by atoms with Gasteiger partial charge in [0.15, 0.2) is 5.79 Å². The quantitative estimate of drug-likeness (QED) is 0.283. The Bertz CT molecular complexity index is 633. The van der Waals surface area contributed by atoms with Gasteiger partial charge < -0.3 is 18.9 Å². The Hall–Kier alpha value is -1.25. The van der Waals surface area contributed by atoms with Crippen LogP contribution in [0.25, 0.3) is 0 Å². The van der Waals surface area contributed by atoms with Crippen molar-refractivity contribution in [1.82, 2.24) is 0 Å². The summed E-state index contributed by atoms with van der Waals surface area (Å²) in [6.45, 7) is 16.1. The summed E-state index contributed by atoms with van der Waals surface area (Å²) in [5.41, 5.74) is -0.299. The molecular weight excluding hydrogens is 402 g/mol. The van der Waals surface area contributed by atoms with Gasteiger partial charge in [0.1, 0.15) is 6.10 Å². The highest BCUT2D eigenvalue weighted by molar-refractivity contribution is 5.70. The van der Waals surface area contributed by atoms with E-state index in [0.717, 1.165) is 6.42 Å². The van der Waals surface area contributed by atoms with E-state index in [0.29, 0.717) is 13.0 Å². The van der Waals surface area contributed by atoms with Crippen LogP contribution in [0, 0.1) is 33.8 Å². The maximum atomic E-state index is 12.9. The van der Waals surface area contributed by atoms with Crippen LogP contribution in [-0.4, -0.2) is 53.7 Å². The minimum absolute atomic E-state index is 0.0142. The van der Waals surface area contributed by atoms with Crippen molar-refractivity contribution < 1.29 is 28.7 Å². The zero-order valence-corrected chi connectivity index (χ0v) is 20.4. The summed E-state index contributed by atoms with van der Waals surface area (Å²) in [6, 6.07) is 0. The first kappa shape index (κ1) is 26.0. The van der Waals surface area contributed by atoms with Gasteiger partial charge in [-0.1, -0.05) is 20.8 Å². The number of hydrogen-bond donors (Lipinski definition) is 0. The Balaban J connectivity index is 2.16. The number of hydrogen-bond acceptors (Lipinski definition) is 7. The van der Waals surface area contributed by atoms with Gasteiger partial charge in [0.25, 0.3) is 0 Å². The van der Waals surface area contributed by atoms with E-state index in [2.05, 4.69) is 0 Å². The van der Waals surface area contributed by atoms with Crippen LogP contribution in [0.3, 0.4) is 0 Å². The lowest BCUT2D eigenvalue weighted by Crippen LogP contribution is -2.43. The summed E-state index contributed by atoms with van der Waals surface area (Å²) in [7, 11) is 0. The van der Waals surface area contributed by atoms with E-state index in [-0.39, 0.29) is 65.3 Å². The Morgan fingerprint density at radius 2 is 1.84 bits per heavy atom. The van der Waals surface area contributed by atoms with E-state index in [1.165, 1.54) is 0 Å². The molecule has 0 amide bonds. The lowest BCUT2D eigenvalue weighted by atomic mass is 9.82. The summed E-state index contributed by atoms with van der Waals surface area (Å²) >= 11 is 0. The minimum atomic E-state index is -0.668. The maximum absolute atomic E-state index is 12.9. The predicted octanol–water partition coefficient (Wildman–Crippen LogP) is 4.22. The Morgan fingerprint density at radius 1 is 1.19 bits per heavy atom. The molecule has 2 fully saturated rings. The number of rotatable bonds is 10. The molecule has 8 nitrogen and oxygen atoms in total. The fourth-order valence-electron chi connectivity index (χ4n) is 5.06. The molecule has 2 saturated heterocycles. The maximum Gasteiger partial charge on any atom is 0.306 e. The SMILES string of the molecule is CC(C)C[C@@H](CC(=O)O[C@H]([C@H](C)[C@H]1COC(C)(C)O1)[C@H]1CC(C)(C)O[C@H]1C)C[N+](=O)[O-]. The van der Waals surface area contributed by atoms with Crippen LogP contribution in [0.1, 0.15) is 74.7 Å². The van der Waals surface area contributed by atoms with E-state index in [1.807, 2.05) is 55.4 Å². The molecule has 8 heteroatoms. The van der Waals surface area contributed by atoms with E-state index < -0.39 is 11.9 Å². The van der Waals surface area contributed by atoms with Crippen LogP contribution >= 0.6 is 0 Å². The van der Waals surface area contributed by atoms with E-state index in [1.54, 1.807) is 0 Å². The van der Waals surface area contributed by atoms with Crippen molar-refractivity contribution in [3.05, 3.63) is 10.1 Å². The number of nitrogens with zero attached hydrogens (tertiary/aromatic N) is 1. The third-order valence-corrected chi connectivity index (χ3v) is 6.33. The third kappa shape index (κ3) is 7.68. The molecule has 2 heterocycles. The second-order valence-corrected chi connectivity index (χ2v) is 10.8. The van der Waals surface area contributed by atoms with Crippen molar-refractivity contribution in [2.75, 3.05) is 13.2 Å². The lowest BCUT2D eigenvalue weighted by Gasteiger charge is -2.34. The molecule has 0 bridgehead atoms. The predicted molar refractivity (Wildman–Crippen MR) is 116 cm³/mol. The molecule has 0 N–H and O–H groups in total. The van der Waals surface area contributed by atoms with Crippen molar-refractivity contribution in [2.45, 2.75) is 104 Å². The average molecular weight is 444 g/mol. The van der Waals surface area contributed by atoms with Gasteiger partial charge in [0.05, 0.1) is 30.8 Å². The second-order valence-electron chi connectivity index (χ2n) is 10.8. The molecule has 2 rings (SSSR count). The normalized spacial score (nSPS) is 30.2. The molecule has 0 aromatic carbocycles. The van der Waals surface area contributed by atoms with Crippen LogP contribution in [0.15, 0.2) is 0 Å². The highest BCUT2D eigenvalue weighted by Crippen LogP contribution is 2.41. The van der Waals surface area contributed by atoms with E-state index in [9.17, 15) is 14.9 Å². The molecule has 0 saturated carbocycles. The number of esters is 1. The number of nitro groups is 1. The number of carbonyl (C=O) groups is 1. The number of carbonyl (C=O) groups excluding carboxylic acids is 1. The smallest absolute Gasteiger partial charge is 0.306 e. The van der Waals surface area contributed by atoms with Crippen molar-refractivity contribution in [3.8, 4) is 0 Å². The van der Waals surface area contributed by atoms with Gasteiger partial charge in [0.2, 0.25) is 6.54 Å². The van der Waals surface area contributed by atoms with Crippen LogP contribution in [0.4, 0.5) is 0 Å². The van der Waals surface area contributed by atoms with Gasteiger partial charge in [-0.2, -0.15) is 0 Å². The van der Waals surface area contributed by atoms with Crippen LogP contribution in [-0.2, 0) is 23.7 Å². The highest BCUT2D eigenvalue weighted by Gasteiger charge is 2.48. The lowest BCUT2D eigenvalue weighted by molar-refractivity contribution is -0.488. The Kier molecular flexibility index (Phi) is 8.50.